The van der Waals surface area contributed by atoms with Crippen LogP contribution in [0.15, 0.2) is 65.6 Å². The maximum absolute atomic E-state index is 12.9. The van der Waals surface area contributed by atoms with Gasteiger partial charge in [-0.15, -0.1) is 0 Å². The van der Waals surface area contributed by atoms with E-state index >= 15 is 0 Å². The van der Waals surface area contributed by atoms with Gasteiger partial charge in [-0.2, -0.15) is 18.3 Å². The molecule has 9 heteroatoms. The Morgan fingerprint density at radius 1 is 1.00 bits per heavy atom. The normalized spacial score (nSPS) is 14.3. The van der Waals surface area contributed by atoms with Gasteiger partial charge in [0.2, 0.25) is 0 Å². The number of aromatic nitrogens is 4. The molecule has 0 atom stereocenters. The van der Waals surface area contributed by atoms with Crippen LogP contribution in [-0.2, 0) is 25.7 Å². The lowest BCUT2D eigenvalue weighted by atomic mass is 10.0. The van der Waals surface area contributed by atoms with E-state index in [1.54, 1.807) is 6.20 Å². The Balaban J connectivity index is 1.35. The van der Waals surface area contributed by atoms with Crippen LogP contribution in [0, 0.1) is 0 Å². The van der Waals surface area contributed by atoms with Crippen LogP contribution in [0.2, 0.25) is 0 Å². The van der Waals surface area contributed by atoms with E-state index in [0.717, 1.165) is 29.0 Å². The summed E-state index contributed by atoms with van der Waals surface area (Å²) >= 11 is 0. The Labute approximate surface area is 187 Å². The van der Waals surface area contributed by atoms with Crippen molar-refractivity contribution in [2.45, 2.75) is 25.7 Å². The summed E-state index contributed by atoms with van der Waals surface area (Å²) in [4.78, 5) is 22.4. The highest BCUT2D eigenvalue weighted by atomic mass is 19.4. The number of aromatic amines is 2. The molecular weight excluding hydrogens is 431 g/mol. The van der Waals surface area contributed by atoms with Gasteiger partial charge < -0.3 is 4.98 Å². The van der Waals surface area contributed by atoms with E-state index in [2.05, 4.69) is 25.1 Å². The zero-order chi connectivity index (χ0) is 23.0. The lowest BCUT2D eigenvalue weighted by Gasteiger charge is -2.27. The van der Waals surface area contributed by atoms with Crippen LogP contribution >= 0.6 is 0 Å². The maximum Gasteiger partial charge on any atom is 0.416 e. The van der Waals surface area contributed by atoms with Gasteiger partial charge in [-0.1, -0.05) is 42.5 Å². The third-order valence-electron chi connectivity index (χ3n) is 5.81. The van der Waals surface area contributed by atoms with Gasteiger partial charge in [-0.25, -0.2) is 4.98 Å². The largest absolute Gasteiger partial charge is 0.416 e. The molecule has 3 heterocycles. The molecule has 0 saturated carbocycles. The summed E-state index contributed by atoms with van der Waals surface area (Å²) in [7, 11) is 0. The topological polar surface area (TPSA) is 77.7 Å². The SMILES string of the molecule is O=c1[nH]c(-c2ccccc2)nc2c1CN(Cc1cn[nH]c1-c1ccc(C(F)(F)F)cc1)CC2. The molecule has 2 aromatic heterocycles. The smallest absolute Gasteiger partial charge is 0.306 e. The highest BCUT2D eigenvalue weighted by molar-refractivity contribution is 5.63. The summed E-state index contributed by atoms with van der Waals surface area (Å²) in [6.07, 6.45) is -2.08. The highest BCUT2D eigenvalue weighted by Crippen LogP contribution is 2.31. The number of alkyl halides is 3. The molecule has 0 saturated heterocycles. The fourth-order valence-corrected chi connectivity index (χ4v) is 4.10. The molecule has 1 aliphatic rings. The Kier molecular flexibility index (Phi) is 5.33. The van der Waals surface area contributed by atoms with Gasteiger partial charge in [-0.3, -0.25) is 14.8 Å². The van der Waals surface area contributed by atoms with Crippen molar-refractivity contribution in [2.75, 3.05) is 6.54 Å². The van der Waals surface area contributed by atoms with Crippen molar-refractivity contribution in [1.82, 2.24) is 25.1 Å². The number of hydrogen-bond acceptors (Lipinski definition) is 4. The minimum absolute atomic E-state index is 0.154. The van der Waals surface area contributed by atoms with Gasteiger partial charge in [0.25, 0.3) is 5.56 Å². The summed E-state index contributed by atoms with van der Waals surface area (Å²) < 4.78 is 38.6. The summed E-state index contributed by atoms with van der Waals surface area (Å²) in [5.74, 6) is 0.562. The van der Waals surface area contributed by atoms with Crippen molar-refractivity contribution in [2.24, 2.45) is 0 Å². The van der Waals surface area contributed by atoms with Crippen molar-refractivity contribution in [1.29, 1.82) is 0 Å². The summed E-state index contributed by atoms with van der Waals surface area (Å²) in [6.45, 7) is 1.64. The first-order chi connectivity index (χ1) is 15.9. The fraction of sp³-hybridized carbons (Fsp3) is 0.208. The molecular formula is C24H20F3N5O. The predicted octanol–water partition coefficient (Wildman–Crippen LogP) is 4.40. The number of H-pyrrole nitrogens is 2. The fourth-order valence-electron chi connectivity index (χ4n) is 4.10. The van der Waals surface area contributed by atoms with Crippen LogP contribution in [0.1, 0.15) is 22.4 Å². The molecule has 0 spiro atoms. The molecule has 0 fully saturated rings. The number of benzene rings is 2. The Bertz CT molecular complexity index is 1330. The predicted molar refractivity (Wildman–Crippen MR) is 117 cm³/mol. The molecule has 0 radical (unpaired) electrons. The second kappa shape index (κ2) is 8.32. The second-order valence-electron chi connectivity index (χ2n) is 8.01. The first-order valence-electron chi connectivity index (χ1n) is 10.5. The maximum atomic E-state index is 12.9. The van der Waals surface area contributed by atoms with Crippen molar-refractivity contribution >= 4 is 0 Å². The first kappa shape index (κ1) is 21.1. The van der Waals surface area contributed by atoms with E-state index in [9.17, 15) is 18.0 Å². The average molecular weight is 451 g/mol. The van der Waals surface area contributed by atoms with E-state index in [1.807, 2.05) is 30.3 Å². The minimum atomic E-state index is -4.38. The summed E-state index contributed by atoms with van der Waals surface area (Å²) in [5, 5.41) is 6.98. The molecule has 1 aliphatic heterocycles. The number of halogens is 3. The minimum Gasteiger partial charge on any atom is -0.306 e. The molecule has 2 N–H and O–H groups in total. The molecule has 5 rings (SSSR count). The Hall–Kier alpha value is -3.72. The number of nitrogens with one attached hydrogen (secondary N) is 2. The monoisotopic (exact) mass is 451 g/mol. The molecule has 2 aromatic carbocycles. The van der Waals surface area contributed by atoms with Gasteiger partial charge >= 0.3 is 6.18 Å². The van der Waals surface area contributed by atoms with Crippen molar-refractivity contribution in [3.05, 3.63) is 93.5 Å². The molecule has 0 bridgehead atoms. The van der Waals surface area contributed by atoms with Crippen LogP contribution in [0.5, 0.6) is 0 Å². The van der Waals surface area contributed by atoms with Gasteiger partial charge in [0.1, 0.15) is 5.82 Å². The second-order valence-corrected chi connectivity index (χ2v) is 8.01. The lowest BCUT2D eigenvalue weighted by Crippen LogP contribution is -2.35. The van der Waals surface area contributed by atoms with Crippen LogP contribution in [0.25, 0.3) is 22.6 Å². The number of rotatable bonds is 4. The number of fused-ring (bicyclic) bond motifs is 1. The van der Waals surface area contributed by atoms with Crippen LogP contribution in [-0.4, -0.2) is 31.6 Å². The third-order valence-corrected chi connectivity index (χ3v) is 5.81. The van der Waals surface area contributed by atoms with Crippen LogP contribution in [0.3, 0.4) is 0 Å². The molecule has 0 unspecified atom stereocenters. The van der Waals surface area contributed by atoms with Crippen LogP contribution in [0.4, 0.5) is 13.2 Å². The van der Waals surface area contributed by atoms with Gasteiger partial charge in [0.05, 0.1) is 28.7 Å². The van der Waals surface area contributed by atoms with E-state index in [0.29, 0.717) is 48.7 Å². The number of hydrogen-bond donors (Lipinski definition) is 2. The first-order valence-corrected chi connectivity index (χ1v) is 10.5. The van der Waals surface area contributed by atoms with Gasteiger partial charge in [0.15, 0.2) is 0 Å². The standard InChI is InChI=1S/C24H20F3N5O/c25-24(26,27)18-8-6-15(7-9-18)21-17(12-28-31-21)13-32-11-10-20-19(14-32)23(33)30-22(29-20)16-4-2-1-3-5-16/h1-9,12H,10-11,13-14H2,(H,28,31)(H,29,30,33). The van der Waals surface area contributed by atoms with Crippen molar-refractivity contribution in [3.8, 4) is 22.6 Å². The van der Waals surface area contributed by atoms with E-state index in [-0.39, 0.29) is 5.56 Å². The summed E-state index contributed by atoms with van der Waals surface area (Å²) in [6, 6.07) is 14.5. The molecule has 168 valence electrons. The molecule has 4 aromatic rings. The highest BCUT2D eigenvalue weighted by Gasteiger charge is 2.30. The average Bonchev–Trinajstić information content (AvgIpc) is 3.27. The number of nitrogens with zero attached hydrogens (tertiary/aromatic N) is 3. The van der Waals surface area contributed by atoms with Crippen molar-refractivity contribution < 1.29 is 13.2 Å². The van der Waals surface area contributed by atoms with Crippen molar-refractivity contribution in [3.63, 3.8) is 0 Å². The molecule has 6 nitrogen and oxygen atoms in total. The summed E-state index contributed by atoms with van der Waals surface area (Å²) in [5.41, 5.74) is 3.59. The molecule has 0 aliphatic carbocycles. The van der Waals surface area contributed by atoms with Gasteiger partial charge in [0, 0.05) is 37.2 Å². The van der Waals surface area contributed by atoms with E-state index in [4.69, 9.17) is 0 Å². The lowest BCUT2D eigenvalue weighted by molar-refractivity contribution is -0.137. The van der Waals surface area contributed by atoms with E-state index < -0.39 is 11.7 Å². The molecule has 0 amide bonds. The van der Waals surface area contributed by atoms with Gasteiger partial charge in [-0.05, 0) is 17.7 Å². The molecule has 33 heavy (non-hydrogen) atoms. The third kappa shape index (κ3) is 4.31. The quantitative estimate of drug-likeness (QED) is 0.482. The van der Waals surface area contributed by atoms with Crippen LogP contribution < -0.4 is 5.56 Å². The van der Waals surface area contributed by atoms with E-state index in [1.165, 1.54) is 12.1 Å². The zero-order valence-corrected chi connectivity index (χ0v) is 17.5. The zero-order valence-electron chi connectivity index (χ0n) is 17.5. The Morgan fingerprint density at radius 2 is 1.76 bits per heavy atom. The Morgan fingerprint density at radius 3 is 2.48 bits per heavy atom.